The average molecular weight is 305 g/mol. The minimum atomic E-state index is -0.506. The molecule has 0 bridgehead atoms. The van der Waals surface area contributed by atoms with Gasteiger partial charge in [0, 0.05) is 4.90 Å². The Morgan fingerprint density at radius 3 is 2.52 bits per heavy atom. The average Bonchev–Trinajstić information content (AvgIpc) is 2.48. The number of para-hydroxylation sites is 1. The van der Waals surface area contributed by atoms with Crippen LogP contribution in [0.5, 0.6) is 0 Å². The third-order valence-corrected chi connectivity index (χ3v) is 3.89. The number of carbonyl (C=O) groups is 1. The molecule has 0 saturated carbocycles. The van der Waals surface area contributed by atoms with Gasteiger partial charge >= 0.3 is 0 Å². The van der Waals surface area contributed by atoms with Crippen LogP contribution in [-0.2, 0) is 4.79 Å². The van der Waals surface area contributed by atoms with Crippen molar-refractivity contribution < 1.29 is 14.3 Å². The lowest BCUT2D eigenvalue weighted by atomic mass is 10.1. The number of hydrogen-bond acceptors (Lipinski definition) is 3. The number of rotatable bonds is 5. The second-order valence-corrected chi connectivity index (χ2v) is 5.61. The van der Waals surface area contributed by atoms with E-state index in [1.165, 1.54) is 23.9 Å². The monoisotopic (exact) mass is 305 g/mol. The molecule has 0 aliphatic heterocycles. The first kappa shape index (κ1) is 15.5. The number of amides is 1. The van der Waals surface area contributed by atoms with Gasteiger partial charge in [-0.2, -0.15) is 0 Å². The van der Waals surface area contributed by atoms with Crippen LogP contribution in [0.1, 0.15) is 18.6 Å². The molecule has 0 spiro atoms. The van der Waals surface area contributed by atoms with Crippen LogP contribution in [0, 0.1) is 5.82 Å². The minimum Gasteiger partial charge on any atom is -0.389 e. The number of aliphatic hydroxyl groups excluding tert-OH is 1. The molecule has 1 unspecified atom stereocenters. The maximum atomic E-state index is 13.4. The molecule has 0 radical (unpaired) electrons. The fourth-order valence-electron chi connectivity index (χ4n) is 1.74. The summed E-state index contributed by atoms with van der Waals surface area (Å²) in [5.74, 6) is -0.510. The van der Waals surface area contributed by atoms with E-state index in [2.05, 4.69) is 5.32 Å². The van der Waals surface area contributed by atoms with Gasteiger partial charge < -0.3 is 10.4 Å². The highest BCUT2D eigenvalue weighted by atomic mass is 32.2. The molecule has 0 fully saturated rings. The molecule has 1 amide bonds. The van der Waals surface area contributed by atoms with E-state index in [4.69, 9.17) is 0 Å². The van der Waals surface area contributed by atoms with Gasteiger partial charge in [0.15, 0.2) is 0 Å². The van der Waals surface area contributed by atoms with E-state index in [9.17, 15) is 14.3 Å². The standard InChI is InChI=1S/C16H16FNO2S/c1-11(19)12-6-8-13(9-7-12)21-10-16(20)18-15-5-3-2-4-14(15)17/h2-9,11,19H,10H2,1H3,(H,18,20). The van der Waals surface area contributed by atoms with Crippen molar-refractivity contribution in [3.8, 4) is 0 Å². The Bertz CT molecular complexity index is 614. The van der Waals surface area contributed by atoms with Gasteiger partial charge in [-0.25, -0.2) is 4.39 Å². The number of carbonyl (C=O) groups excluding carboxylic acids is 1. The second kappa shape index (κ2) is 7.24. The van der Waals surface area contributed by atoms with Crippen LogP contribution in [0.4, 0.5) is 10.1 Å². The zero-order valence-electron chi connectivity index (χ0n) is 11.5. The highest BCUT2D eigenvalue weighted by molar-refractivity contribution is 8.00. The summed E-state index contributed by atoms with van der Waals surface area (Å²) in [4.78, 5) is 12.7. The quantitative estimate of drug-likeness (QED) is 0.830. The molecule has 0 aromatic heterocycles. The van der Waals surface area contributed by atoms with Crippen molar-refractivity contribution in [2.24, 2.45) is 0 Å². The highest BCUT2D eigenvalue weighted by Gasteiger charge is 2.07. The number of aliphatic hydroxyl groups is 1. The maximum absolute atomic E-state index is 13.4. The molecule has 1 atom stereocenters. The predicted octanol–water partition coefficient (Wildman–Crippen LogP) is 3.61. The fraction of sp³-hybridized carbons (Fsp3) is 0.188. The van der Waals surface area contributed by atoms with Gasteiger partial charge in [-0.05, 0) is 36.8 Å². The Labute approximate surface area is 127 Å². The molecule has 2 aromatic carbocycles. The Kier molecular flexibility index (Phi) is 5.36. The first-order chi connectivity index (χ1) is 10.1. The van der Waals surface area contributed by atoms with E-state index in [1.807, 2.05) is 24.3 Å². The number of hydrogen-bond donors (Lipinski definition) is 2. The first-order valence-electron chi connectivity index (χ1n) is 6.51. The Balaban J connectivity index is 1.88. The molecule has 0 aliphatic carbocycles. The lowest BCUT2D eigenvalue weighted by Gasteiger charge is -2.07. The number of benzene rings is 2. The number of halogens is 1. The summed E-state index contributed by atoms with van der Waals surface area (Å²) in [5, 5.41) is 12.0. The molecule has 3 nitrogen and oxygen atoms in total. The van der Waals surface area contributed by atoms with Crippen molar-refractivity contribution in [2.45, 2.75) is 17.9 Å². The summed E-state index contributed by atoms with van der Waals surface area (Å²) >= 11 is 1.36. The van der Waals surface area contributed by atoms with Gasteiger partial charge in [-0.1, -0.05) is 24.3 Å². The minimum absolute atomic E-state index is 0.188. The van der Waals surface area contributed by atoms with Crippen LogP contribution in [0.2, 0.25) is 0 Å². The predicted molar refractivity (Wildman–Crippen MR) is 82.8 cm³/mol. The Hall–Kier alpha value is -1.85. The summed E-state index contributed by atoms with van der Waals surface area (Å²) in [6.07, 6.45) is -0.506. The molecule has 21 heavy (non-hydrogen) atoms. The van der Waals surface area contributed by atoms with Crippen molar-refractivity contribution in [3.63, 3.8) is 0 Å². The largest absolute Gasteiger partial charge is 0.389 e. The topological polar surface area (TPSA) is 49.3 Å². The normalized spacial score (nSPS) is 12.0. The van der Waals surface area contributed by atoms with E-state index in [0.29, 0.717) is 0 Å². The van der Waals surface area contributed by atoms with Crippen molar-refractivity contribution in [1.29, 1.82) is 0 Å². The summed E-state index contributed by atoms with van der Waals surface area (Å²) in [6, 6.07) is 13.4. The molecular formula is C16H16FNO2S. The van der Waals surface area contributed by atoms with Gasteiger partial charge in [0.25, 0.3) is 0 Å². The summed E-state index contributed by atoms with van der Waals surface area (Å²) in [7, 11) is 0. The summed E-state index contributed by atoms with van der Waals surface area (Å²) in [5.41, 5.74) is 1.02. The molecule has 0 aliphatic rings. The van der Waals surface area contributed by atoms with Gasteiger partial charge in [0.05, 0.1) is 17.5 Å². The van der Waals surface area contributed by atoms with Gasteiger partial charge in [0.2, 0.25) is 5.91 Å². The highest BCUT2D eigenvalue weighted by Crippen LogP contribution is 2.21. The van der Waals surface area contributed by atoms with Crippen LogP contribution < -0.4 is 5.32 Å². The van der Waals surface area contributed by atoms with E-state index in [0.717, 1.165) is 10.5 Å². The molecule has 5 heteroatoms. The third kappa shape index (κ3) is 4.58. The van der Waals surface area contributed by atoms with E-state index >= 15 is 0 Å². The lowest BCUT2D eigenvalue weighted by Crippen LogP contribution is -2.14. The van der Waals surface area contributed by atoms with Gasteiger partial charge in [0.1, 0.15) is 5.82 Å². The molecule has 110 valence electrons. The third-order valence-electron chi connectivity index (χ3n) is 2.88. The van der Waals surface area contributed by atoms with Crippen molar-refractivity contribution in [2.75, 3.05) is 11.1 Å². The molecular weight excluding hydrogens is 289 g/mol. The molecule has 0 heterocycles. The number of thioether (sulfide) groups is 1. The zero-order valence-corrected chi connectivity index (χ0v) is 12.4. The lowest BCUT2D eigenvalue weighted by molar-refractivity contribution is -0.113. The smallest absolute Gasteiger partial charge is 0.234 e. The SMILES string of the molecule is CC(O)c1ccc(SCC(=O)Nc2ccccc2F)cc1. The zero-order chi connectivity index (χ0) is 15.2. The van der Waals surface area contributed by atoms with Crippen molar-refractivity contribution in [3.05, 3.63) is 59.9 Å². The number of anilines is 1. The van der Waals surface area contributed by atoms with Crippen LogP contribution in [0.3, 0.4) is 0 Å². The van der Waals surface area contributed by atoms with Gasteiger partial charge in [-0.15, -0.1) is 11.8 Å². The van der Waals surface area contributed by atoms with E-state index < -0.39 is 11.9 Å². The van der Waals surface area contributed by atoms with E-state index in [-0.39, 0.29) is 17.3 Å². The van der Waals surface area contributed by atoms with Crippen LogP contribution in [0.25, 0.3) is 0 Å². The molecule has 2 N–H and O–H groups in total. The first-order valence-corrected chi connectivity index (χ1v) is 7.50. The van der Waals surface area contributed by atoms with E-state index in [1.54, 1.807) is 19.1 Å². The second-order valence-electron chi connectivity index (χ2n) is 4.56. The van der Waals surface area contributed by atoms with Crippen LogP contribution in [-0.4, -0.2) is 16.8 Å². The summed E-state index contributed by atoms with van der Waals surface area (Å²) in [6.45, 7) is 1.70. The van der Waals surface area contributed by atoms with Crippen LogP contribution >= 0.6 is 11.8 Å². The van der Waals surface area contributed by atoms with Crippen molar-refractivity contribution in [1.82, 2.24) is 0 Å². The number of nitrogens with one attached hydrogen (secondary N) is 1. The van der Waals surface area contributed by atoms with Crippen molar-refractivity contribution >= 4 is 23.4 Å². The fourth-order valence-corrected chi connectivity index (χ4v) is 2.44. The maximum Gasteiger partial charge on any atom is 0.234 e. The Morgan fingerprint density at radius 2 is 1.90 bits per heavy atom. The Morgan fingerprint density at radius 1 is 1.24 bits per heavy atom. The molecule has 2 aromatic rings. The molecule has 2 rings (SSSR count). The van der Waals surface area contributed by atoms with Crippen LogP contribution in [0.15, 0.2) is 53.4 Å². The molecule has 0 saturated heterocycles. The summed E-state index contributed by atoms with van der Waals surface area (Å²) < 4.78 is 13.4. The van der Waals surface area contributed by atoms with Gasteiger partial charge in [-0.3, -0.25) is 4.79 Å².